The summed E-state index contributed by atoms with van der Waals surface area (Å²) in [7, 11) is 5.98. The van der Waals surface area contributed by atoms with Crippen LogP contribution in [0, 0.1) is 0 Å². The van der Waals surface area contributed by atoms with E-state index in [2.05, 4.69) is 18.2 Å². The van der Waals surface area contributed by atoms with Crippen LogP contribution in [-0.4, -0.2) is 135 Å². The standard InChI is InChI=1S/C15H18O5.C15H18O4.C11H12O3.C11H16O2.C7H12O3.C4H6O.CH4.B2H2O3/c1-3-20-15(18)9-7-12(16)6-4-11-5-8-13(17)14(10-11)19-2;1-11(16)4-7-13(17)8-5-12-6-9-14(18-2)15(10-12)19-3;1-14-11-7-9(3-2-6-12)4-5-10(11)8-13;1-3-4-9-5-6-10(8-12)11(7-9)13-2;1-3-10-7(9)5-4-6(2)8;1-3-4(2)5;;3-1-2(4)5/h4-6,8,10,17H,3,7,9H2,1-2H3;5-6,8-10H,4,7H2,1-3H3;2-7,13H,8H2,1H3;5-7,12H,3-4,8H2,1-2H3;3-5H2,1-2H3;3H,1H2,2H3;1H4;4-5H/b6-4+;8-5+;3-2+;;;;;. The summed E-state index contributed by atoms with van der Waals surface area (Å²) >= 11 is 0. The molecule has 0 heterocycles. The van der Waals surface area contributed by atoms with Crippen molar-refractivity contribution >= 4 is 79.4 Å². The number of hydrogen-bond donors (Lipinski definition) is 5. The van der Waals surface area contributed by atoms with E-state index in [0.29, 0.717) is 48.9 Å². The van der Waals surface area contributed by atoms with Crippen molar-refractivity contribution < 1.29 is 102 Å². The third-order valence-corrected chi connectivity index (χ3v) is 10.4. The van der Waals surface area contributed by atoms with Crippen molar-refractivity contribution in [2.45, 2.75) is 114 Å². The van der Waals surface area contributed by atoms with Crippen LogP contribution in [0.25, 0.3) is 18.2 Å². The van der Waals surface area contributed by atoms with E-state index in [4.69, 9.17) is 53.4 Å². The number of ketones is 5. The van der Waals surface area contributed by atoms with E-state index in [1.54, 1.807) is 96.9 Å². The molecule has 87 heavy (non-hydrogen) atoms. The number of phenolic OH excluding ortho intramolecular Hbond substituents is 1. The number of methoxy groups -OCH3 is 5. The van der Waals surface area contributed by atoms with Crippen LogP contribution >= 0.6 is 0 Å². The molecule has 0 unspecified atom stereocenters. The molecule has 476 valence electrons. The number of aryl methyl sites for hydroxylation is 1. The average molecular weight is 1220 g/mol. The first-order chi connectivity index (χ1) is 41.0. The maximum absolute atomic E-state index is 11.6. The Morgan fingerprint density at radius 1 is 0.552 bits per heavy atom. The van der Waals surface area contributed by atoms with Crippen LogP contribution in [-0.2, 0) is 72.2 Å². The molecule has 0 fully saturated rings. The molecule has 0 saturated carbocycles. The number of aliphatic hydroxyl groups excluding tert-OH is 2. The summed E-state index contributed by atoms with van der Waals surface area (Å²) in [6.45, 7) is 13.9. The number of hydrogen-bond acceptors (Lipinski definition) is 21. The molecule has 21 nitrogen and oxygen atoms in total. The van der Waals surface area contributed by atoms with Crippen molar-refractivity contribution in [3.63, 3.8) is 0 Å². The molecular weight excluding hydrogens is 1130 g/mol. The van der Waals surface area contributed by atoms with E-state index in [1.807, 2.05) is 30.3 Å². The van der Waals surface area contributed by atoms with Crippen molar-refractivity contribution in [1.29, 1.82) is 0 Å². The number of ether oxygens (including phenoxy) is 7. The predicted octanol–water partition coefficient (Wildman–Crippen LogP) is 8.84. The van der Waals surface area contributed by atoms with Gasteiger partial charge in [-0.2, -0.15) is 0 Å². The van der Waals surface area contributed by atoms with Gasteiger partial charge in [-0.3, -0.25) is 28.8 Å². The molecule has 5 N–H and O–H groups in total. The number of aldehydes is 1. The summed E-state index contributed by atoms with van der Waals surface area (Å²) in [6, 6.07) is 21.5. The Kier molecular flexibility index (Phi) is 52.7. The number of Topliss-reactive ketones (excluding diaryl/α,β-unsaturated/α-hetero) is 2. The predicted molar refractivity (Wildman–Crippen MR) is 336 cm³/mol. The fourth-order valence-electron chi connectivity index (χ4n) is 6.08. The van der Waals surface area contributed by atoms with Gasteiger partial charge in [-0.25, -0.2) is 0 Å². The molecule has 0 atom stereocenters. The molecule has 0 amide bonds. The Hall–Kier alpha value is -8.63. The van der Waals surface area contributed by atoms with E-state index >= 15 is 0 Å². The molecular formula is C64H88B2O21. The summed E-state index contributed by atoms with van der Waals surface area (Å²) < 4.78 is 43.9. The van der Waals surface area contributed by atoms with Crippen molar-refractivity contribution in [2.24, 2.45) is 0 Å². The third kappa shape index (κ3) is 44.5. The number of rotatable bonds is 28. The zero-order chi connectivity index (χ0) is 65.8. The van der Waals surface area contributed by atoms with E-state index < -0.39 is 7.01 Å². The Balaban J connectivity index is -0.000000481. The van der Waals surface area contributed by atoms with Gasteiger partial charge in [0, 0.05) is 36.8 Å². The van der Waals surface area contributed by atoms with Crippen molar-refractivity contribution in [3.05, 3.63) is 137 Å². The van der Waals surface area contributed by atoms with Crippen LogP contribution < -0.4 is 23.7 Å². The molecule has 0 bridgehead atoms. The molecule has 0 aliphatic heterocycles. The number of esters is 2. The van der Waals surface area contributed by atoms with Gasteiger partial charge in [-0.1, -0.05) is 82.0 Å². The minimum atomic E-state index is -1.80. The molecule has 23 heteroatoms. The van der Waals surface area contributed by atoms with E-state index in [0.717, 1.165) is 46.4 Å². The van der Waals surface area contributed by atoms with Crippen LogP contribution in [0.15, 0.2) is 104 Å². The topological polar surface area (TPSA) is 319 Å². The van der Waals surface area contributed by atoms with Gasteiger partial charge in [0.25, 0.3) is 0 Å². The number of allylic oxidation sites excluding steroid dienone is 4. The van der Waals surface area contributed by atoms with Crippen molar-refractivity contribution in [1.82, 2.24) is 0 Å². The molecule has 4 rings (SSSR count). The molecule has 0 radical (unpaired) electrons. The summed E-state index contributed by atoms with van der Waals surface area (Å²) in [4.78, 5) is 85.7. The zero-order valence-electron chi connectivity index (χ0n) is 51.2. The van der Waals surface area contributed by atoms with Crippen LogP contribution in [0.4, 0.5) is 0 Å². The number of benzene rings is 4. The van der Waals surface area contributed by atoms with Crippen molar-refractivity contribution in [3.8, 4) is 34.5 Å². The Morgan fingerprint density at radius 3 is 1.36 bits per heavy atom. The Labute approximate surface area is 513 Å². The van der Waals surface area contributed by atoms with Crippen LogP contribution in [0.3, 0.4) is 0 Å². The van der Waals surface area contributed by atoms with Crippen LogP contribution in [0.2, 0.25) is 0 Å². The summed E-state index contributed by atoms with van der Waals surface area (Å²) in [5.74, 6) is 2.21. The second-order valence-electron chi connectivity index (χ2n) is 17.3. The number of carbonyl (C=O) groups is 8. The monoisotopic (exact) mass is 1210 g/mol. The fourth-order valence-corrected chi connectivity index (χ4v) is 6.08. The average Bonchev–Trinajstić information content (AvgIpc) is 3.39. The SMILES string of the molecule is C.C=CC(C)=O.CCCc1ccc(CO)c(OC)c1.CCOC(=O)CCC(=O)/C=C/c1ccc(O)c(OC)c1.CCOC(=O)CCC(C)=O.COc1cc(/C=C/C=O)ccc1CO.COc1ccc(/C=C/C(=O)CCC(C)=O)cc1OC.O=BB(O)O. The molecule has 0 aliphatic rings. The summed E-state index contributed by atoms with van der Waals surface area (Å²) in [5.41, 5.74) is 5.28. The number of aromatic hydroxyl groups is 1. The van der Waals surface area contributed by atoms with Gasteiger partial charge in [0.2, 0.25) is 0 Å². The normalized spacial score (nSPS) is 9.64. The van der Waals surface area contributed by atoms with E-state index in [1.165, 1.54) is 63.8 Å². The fraction of sp³-hybridized carbons (Fsp3) is 0.375. The maximum atomic E-state index is 11.6. The van der Waals surface area contributed by atoms with Crippen LogP contribution in [0.5, 0.6) is 34.5 Å². The van der Waals surface area contributed by atoms with Crippen LogP contribution in [0.1, 0.15) is 127 Å². The van der Waals surface area contributed by atoms with Gasteiger partial charge in [-0.15, -0.1) is 0 Å². The molecule has 4 aromatic rings. The van der Waals surface area contributed by atoms with Gasteiger partial charge in [0.1, 0.15) is 29.4 Å². The second kappa shape index (κ2) is 54.1. The Bertz CT molecular complexity index is 2790. The zero-order valence-corrected chi connectivity index (χ0v) is 51.2. The second-order valence-corrected chi connectivity index (χ2v) is 17.3. The van der Waals surface area contributed by atoms with Crippen molar-refractivity contribution in [2.75, 3.05) is 48.8 Å². The number of phenols is 1. The summed E-state index contributed by atoms with van der Waals surface area (Å²) in [6.07, 6.45) is 14.7. The number of carbonyl (C=O) groups excluding carboxylic acids is 8. The Morgan fingerprint density at radius 2 is 0.943 bits per heavy atom. The van der Waals surface area contributed by atoms with Gasteiger partial charge in [0.05, 0.1) is 74.8 Å². The molecule has 0 spiro atoms. The first kappa shape index (κ1) is 84.8. The minimum absolute atomic E-state index is 0. The van der Waals surface area contributed by atoms with Gasteiger partial charge >= 0.3 is 40.7 Å². The number of aliphatic hydroxyl groups is 2. The van der Waals surface area contributed by atoms with E-state index in [9.17, 15) is 43.5 Å². The van der Waals surface area contributed by atoms with Gasteiger partial charge in [-0.05, 0) is 124 Å². The first-order valence-electron chi connectivity index (χ1n) is 26.9. The third-order valence-electron chi connectivity index (χ3n) is 10.4. The molecule has 4 aromatic carbocycles. The first-order valence-corrected chi connectivity index (χ1v) is 26.9. The van der Waals surface area contributed by atoms with Gasteiger partial charge in [0.15, 0.2) is 40.3 Å². The molecule has 0 saturated heterocycles. The summed E-state index contributed by atoms with van der Waals surface area (Å²) in [5, 5.41) is 42.5. The molecule has 0 aromatic heterocycles. The van der Waals surface area contributed by atoms with Gasteiger partial charge < -0.3 is 58.1 Å². The van der Waals surface area contributed by atoms with E-state index in [-0.39, 0.29) is 106 Å². The molecule has 0 aliphatic carbocycles. The quantitative estimate of drug-likeness (QED) is 0.0153.